The highest BCUT2D eigenvalue weighted by Gasteiger charge is 2.68. The zero-order valence-electron chi connectivity index (χ0n) is 15.8. The number of rotatable bonds is 5. The second-order valence-corrected chi connectivity index (χ2v) is 6.61. The Morgan fingerprint density at radius 1 is 1.03 bits per heavy atom. The molecule has 0 spiro atoms. The summed E-state index contributed by atoms with van der Waals surface area (Å²) in [5.74, 6) is -0.483. The minimum Gasteiger partial charge on any atom is -0.410 e. The number of nitrogens with one attached hydrogen (secondary N) is 1. The number of allylic oxidation sites excluding steroid dienone is 5. The molecule has 0 amide bonds. The van der Waals surface area contributed by atoms with Gasteiger partial charge in [-0.1, -0.05) is 23.4 Å². The molecule has 0 aliphatic heterocycles. The molecule has 0 radical (unpaired) electrons. The van der Waals surface area contributed by atoms with E-state index in [-0.39, 0.29) is 23.5 Å². The standard InChI is InChI=1S/C19H16F7N3O2/c1-29(10-11-2-4-13(20)5-3-11)15-9-12(8-14(28-31)16(15)27)6-7-17(30,18(21,22)23)19(24,25)26/h2-9,27,30-31H,10H2,1H3/b7-6+,27-16?,28-14-. The van der Waals surface area contributed by atoms with Gasteiger partial charge in [0.25, 0.3) is 5.60 Å². The van der Waals surface area contributed by atoms with Crippen LogP contribution in [0.15, 0.2) is 65.0 Å². The van der Waals surface area contributed by atoms with Crippen molar-refractivity contribution in [3.63, 3.8) is 0 Å². The van der Waals surface area contributed by atoms with Crippen LogP contribution in [0.5, 0.6) is 0 Å². The van der Waals surface area contributed by atoms with Gasteiger partial charge in [-0.05, 0) is 41.5 Å². The summed E-state index contributed by atoms with van der Waals surface area (Å²) in [5, 5.41) is 29.2. The third-order valence-corrected chi connectivity index (χ3v) is 4.35. The van der Waals surface area contributed by atoms with Crippen LogP contribution in [0.3, 0.4) is 0 Å². The molecule has 0 saturated carbocycles. The highest BCUT2D eigenvalue weighted by molar-refractivity contribution is 6.51. The van der Waals surface area contributed by atoms with Crippen molar-refractivity contribution in [1.29, 1.82) is 5.41 Å². The molecule has 1 aliphatic rings. The lowest BCUT2D eigenvalue weighted by Gasteiger charge is -2.29. The van der Waals surface area contributed by atoms with E-state index in [1.165, 1.54) is 36.2 Å². The van der Waals surface area contributed by atoms with Crippen molar-refractivity contribution < 1.29 is 41.0 Å². The molecule has 0 fully saturated rings. The maximum Gasteiger partial charge on any atom is 0.430 e. The summed E-state index contributed by atoms with van der Waals surface area (Å²) in [7, 11) is 1.47. The van der Waals surface area contributed by atoms with Gasteiger partial charge in [-0.25, -0.2) is 4.39 Å². The molecule has 0 saturated heterocycles. The first-order valence-corrected chi connectivity index (χ1v) is 8.45. The van der Waals surface area contributed by atoms with Gasteiger partial charge in [-0.3, -0.25) is 5.41 Å². The van der Waals surface area contributed by atoms with E-state index in [0.717, 1.165) is 12.2 Å². The number of halogens is 7. The Morgan fingerprint density at radius 3 is 2.06 bits per heavy atom. The number of hydrogen-bond donors (Lipinski definition) is 3. The summed E-state index contributed by atoms with van der Waals surface area (Å²) in [4.78, 5) is 1.40. The Kier molecular flexibility index (Phi) is 6.64. The lowest BCUT2D eigenvalue weighted by atomic mass is 9.96. The molecule has 1 aromatic carbocycles. The molecule has 0 aromatic heterocycles. The van der Waals surface area contributed by atoms with Crippen molar-refractivity contribution in [2.75, 3.05) is 7.05 Å². The quantitative estimate of drug-likeness (QED) is 0.270. The monoisotopic (exact) mass is 451 g/mol. The Bertz CT molecular complexity index is 944. The van der Waals surface area contributed by atoms with Crippen LogP contribution in [0, 0.1) is 11.2 Å². The molecule has 2 rings (SSSR count). The SMILES string of the molecule is CN(Cc1ccc(F)cc1)C1=CC(/C=C/C(O)(C(F)(F)F)C(F)(F)F)=CC(=N/O)/C1=N. The molecular formula is C19H16F7N3O2. The molecule has 3 N–H and O–H groups in total. The minimum atomic E-state index is -6.04. The number of alkyl halides is 6. The largest absolute Gasteiger partial charge is 0.430 e. The fraction of sp³-hybridized carbons (Fsp3) is 0.263. The van der Waals surface area contributed by atoms with E-state index in [1.54, 1.807) is 0 Å². The van der Waals surface area contributed by atoms with Crippen LogP contribution in [0.1, 0.15) is 5.56 Å². The van der Waals surface area contributed by atoms with E-state index in [0.29, 0.717) is 11.6 Å². The Balaban J connectivity index is 2.40. The summed E-state index contributed by atoms with van der Waals surface area (Å²) in [6.45, 7) is 0.0965. The Morgan fingerprint density at radius 2 is 1.58 bits per heavy atom. The van der Waals surface area contributed by atoms with Gasteiger partial charge in [0, 0.05) is 13.6 Å². The number of benzene rings is 1. The van der Waals surface area contributed by atoms with Gasteiger partial charge < -0.3 is 15.2 Å². The van der Waals surface area contributed by atoms with Gasteiger partial charge in [-0.2, -0.15) is 26.3 Å². The van der Waals surface area contributed by atoms with Crippen LogP contribution in [0.4, 0.5) is 30.7 Å². The Hall–Kier alpha value is -3.15. The minimum absolute atomic E-state index is 0.00170. The lowest BCUT2D eigenvalue weighted by molar-refractivity contribution is -0.347. The van der Waals surface area contributed by atoms with E-state index >= 15 is 0 Å². The van der Waals surface area contributed by atoms with Gasteiger partial charge in [-0.15, -0.1) is 0 Å². The fourth-order valence-electron chi connectivity index (χ4n) is 2.62. The molecule has 1 aromatic rings. The highest BCUT2D eigenvalue weighted by atomic mass is 19.4. The van der Waals surface area contributed by atoms with E-state index in [4.69, 9.17) is 10.6 Å². The zero-order chi connectivity index (χ0) is 23.6. The molecule has 0 atom stereocenters. The van der Waals surface area contributed by atoms with Crippen LogP contribution in [0.25, 0.3) is 0 Å². The average Bonchev–Trinajstić information content (AvgIpc) is 2.66. The number of oxime groups is 1. The second kappa shape index (κ2) is 8.53. The molecule has 0 heterocycles. The van der Waals surface area contributed by atoms with Crippen molar-refractivity contribution >= 4 is 11.4 Å². The Labute approximate surface area is 171 Å². The average molecular weight is 451 g/mol. The van der Waals surface area contributed by atoms with Gasteiger partial charge >= 0.3 is 12.4 Å². The van der Waals surface area contributed by atoms with E-state index < -0.39 is 35.6 Å². The topological polar surface area (TPSA) is 79.9 Å². The number of hydrogen-bond acceptors (Lipinski definition) is 5. The smallest absolute Gasteiger partial charge is 0.410 e. The summed E-state index contributed by atoms with van der Waals surface area (Å²) in [5.41, 5.74) is -5.58. The van der Waals surface area contributed by atoms with Crippen molar-refractivity contribution in [3.05, 3.63) is 71.2 Å². The molecule has 5 nitrogen and oxygen atoms in total. The fourth-order valence-corrected chi connectivity index (χ4v) is 2.62. The lowest BCUT2D eigenvalue weighted by Crippen LogP contribution is -2.55. The summed E-state index contributed by atoms with van der Waals surface area (Å²) < 4.78 is 90.1. The van der Waals surface area contributed by atoms with Gasteiger partial charge in [0.15, 0.2) is 0 Å². The molecule has 1 aliphatic carbocycles. The zero-order valence-corrected chi connectivity index (χ0v) is 15.8. The van der Waals surface area contributed by atoms with Crippen LogP contribution in [-0.2, 0) is 6.54 Å². The first-order valence-electron chi connectivity index (χ1n) is 8.45. The molecule has 168 valence electrons. The van der Waals surface area contributed by atoms with E-state index in [9.17, 15) is 35.8 Å². The van der Waals surface area contributed by atoms with Crippen molar-refractivity contribution in [1.82, 2.24) is 4.90 Å². The molecule has 12 heteroatoms. The van der Waals surface area contributed by atoms with E-state index in [2.05, 4.69) is 5.16 Å². The summed E-state index contributed by atoms with van der Waals surface area (Å²) in [6, 6.07) is 5.27. The van der Waals surface area contributed by atoms with Crippen LogP contribution in [-0.4, -0.2) is 51.6 Å². The first-order chi connectivity index (χ1) is 14.2. The van der Waals surface area contributed by atoms with Gasteiger partial charge in [0.05, 0.1) is 5.70 Å². The predicted octanol–water partition coefficient (Wildman–Crippen LogP) is 4.34. The van der Waals surface area contributed by atoms with Crippen LogP contribution >= 0.6 is 0 Å². The molecule has 31 heavy (non-hydrogen) atoms. The predicted molar refractivity (Wildman–Crippen MR) is 97.2 cm³/mol. The summed E-state index contributed by atoms with van der Waals surface area (Å²) >= 11 is 0. The maximum absolute atomic E-state index is 13.0. The van der Waals surface area contributed by atoms with Crippen LogP contribution in [0.2, 0.25) is 0 Å². The highest BCUT2D eigenvalue weighted by Crippen LogP contribution is 2.44. The summed E-state index contributed by atoms with van der Waals surface area (Å²) in [6.07, 6.45) is -10.2. The van der Waals surface area contributed by atoms with Gasteiger partial charge in [0.1, 0.15) is 17.2 Å². The number of aliphatic hydroxyl groups is 1. The van der Waals surface area contributed by atoms with E-state index in [1.807, 2.05) is 0 Å². The third-order valence-electron chi connectivity index (χ3n) is 4.35. The second-order valence-electron chi connectivity index (χ2n) is 6.61. The molecule has 0 unspecified atom stereocenters. The normalized spacial score (nSPS) is 17.2. The van der Waals surface area contributed by atoms with Crippen molar-refractivity contribution in [2.24, 2.45) is 5.16 Å². The van der Waals surface area contributed by atoms with Gasteiger partial charge in [0.2, 0.25) is 0 Å². The number of nitrogens with zero attached hydrogens (tertiary/aromatic N) is 2. The molecular weight excluding hydrogens is 435 g/mol. The maximum atomic E-state index is 13.0. The first kappa shape index (κ1) is 24.1. The van der Waals surface area contributed by atoms with Crippen LogP contribution < -0.4 is 0 Å². The third kappa shape index (κ3) is 5.13. The van der Waals surface area contributed by atoms with Crippen molar-refractivity contribution in [3.8, 4) is 0 Å². The van der Waals surface area contributed by atoms with Crippen molar-refractivity contribution in [2.45, 2.75) is 24.5 Å². The molecule has 0 bridgehead atoms.